The Morgan fingerprint density at radius 3 is 2.74 bits per heavy atom. The third kappa shape index (κ3) is 5.50. The van der Waals surface area contributed by atoms with Gasteiger partial charge < -0.3 is 30.9 Å². The van der Waals surface area contributed by atoms with Gasteiger partial charge in [-0.2, -0.15) is 0 Å². The number of carbonyl (C=O) groups excluding carboxylic acids is 3. The highest BCUT2D eigenvalue weighted by Crippen LogP contribution is 2.48. The first-order valence-electron chi connectivity index (χ1n) is 12.7. The number of amides is 4. The van der Waals surface area contributed by atoms with Gasteiger partial charge in [0.05, 0.1) is 16.2 Å². The topological polar surface area (TPSA) is 122 Å². The molecule has 4 amide bonds. The van der Waals surface area contributed by atoms with Crippen molar-refractivity contribution in [3.63, 3.8) is 0 Å². The lowest BCUT2D eigenvalue weighted by atomic mass is 10.1. The van der Waals surface area contributed by atoms with Crippen LogP contribution in [0.5, 0.6) is 5.75 Å². The molecule has 2 aromatic carbocycles. The Kier molecular flexibility index (Phi) is 7.37. The lowest BCUT2D eigenvalue weighted by Gasteiger charge is -2.27. The summed E-state index contributed by atoms with van der Waals surface area (Å²) in [6.45, 7) is 1.13. The van der Waals surface area contributed by atoms with Crippen molar-refractivity contribution in [2.45, 2.75) is 31.5 Å². The van der Waals surface area contributed by atoms with E-state index >= 15 is 0 Å². The van der Waals surface area contributed by atoms with Crippen LogP contribution in [-0.2, 0) is 11.3 Å². The van der Waals surface area contributed by atoms with Crippen LogP contribution in [0.4, 0.5) is 19.7 Å². The average Bonchev–Trinajstić information content (AvgIpc) is 3.40. The van der Waals surface area contributed by atoms with E-state index in [1.54, 1.807) is 35.2 Å². The van der Waals surface area contributed by atoms with Gasteiger partial charge in [-0.05, 0) is 57.1 Å². The minimum absolute atomic E-state index is 0.0220. The molecule has 206 valence electrons. The van der Waals surface area contributed by atoms with E-state index in [1.165, 1.54) is 16.8 Å². The molecule has 1 aliphatic carbocycles. The number of halogens is 2. The highest BCUT2D eigenvalue weighted by atomic mass is 35.5. The van der Waals surface area contributed by atoms with E-state index in [2.05, 4.69) is 10.6 Å². The number of nitrogens with two attached hydrogens (primary N) is 1. The van der Waals surface area contributed by atoms with Crippen LogP contribution in [0, 0.1) is 11.7 Å². The summed E-state index contributed by atoms with van der Waals surface area (Å²) in [6, 6.07) is 7.86. The van der Waals surface area contributed by atoms with Gasteiger partial charge in [0, 0.05) is 36.3 Å². The molecular formula is C27H30ClFN6O4. The second kappa shape index (κ2) is 10.7. The Morgan fingerprint density at radius 1 is 1.21 bits per heavy atom. The molecule has 10 nitrogen and oxygen atoms in total. The molecule has 3 atom stereocenters. The summed E-state index contributed by atoms with van der Waals surface area (Å²) in [6.07, 6.45) is 2.80. The molecule has 1 aromatic heterocycles. The fourth-order valence-corrected chi connectivity index (χ4v) is 5.27. The van der Waals surface area contributed by atoms with E-state index in [1.807, 2.05) is 19.0 Å². The highest BCUT2D eigenvalue weighted by molar-refractivity contribution is 6.30. The molecule has 2 fully saturated rings. The van der Waals surface area contributed by atoms with Crippen LogP contribution in [0.25, 0.3) is 10.9 Å². The number of carbonyl (C=O) groups is 3. The van der Waals surface area contributed by atoms with Gasteiger partial charge in [0.15, 0.2) is 0 Å². The SMILES string of the molecule is CN(C)CCOc1ccc2c(c1)c(NC(=O)N1[C@@H]3C[C@@H]3C[C@H]1C(=O)NCc1cccc(Cl)c1F)cn2C(N)=O. The van der Waals surface area contributed by atoms with E-state index in [4.69, 9.17) is 22.1 Å². The Bertz CT molecular complexity index is 1440. The molecule has 0 radical (unpaired) electrons. The van der Waals surface area contributed by atoms with Crippen molar-refractivity contribution < 1.29 is 23.5 Å². The third-order valence-corrected chi connectivity index (χ3v) is 7.48. The Hall–Kier alpha value is -3.83. The van der Waals surface area contributed by atoms with Gasteiger partial charge in [-0.25, -0.2) is 14.0 Å². The predicted molar refractivity (Wildman–Crippen MR) is 145 cm³/mol. The number of likely N-dealkylation sites (N-methyl/N-ethyl adjacent to an activating group) is 1. The molecule has 1 saturated heterocycles. The number of primary amides is 1. The number of rotatable bonds is 8. The summed E-state index contributed by atoms with van der Waals surface area (Å²) >= 11 is 5.84. The van der Waals surface area contributed by atoms with Crippen molar-refractivity contribution in [2.24, 2.45) is 11.7 Å². The van der Waals surface area contributed by atoms with E-state index in [0.717, 1.165) is 13.0 Å². The van der Waals surface area contributed by atoms with Crippen LogP contribution >= 0.6 is 11.6 Å². The summed E-state index contributed by atoms with van der Waals surface area (Å²) in [5, 5.41) is 6.17. The van der Waals surface area contributed by atoms with Crippen molar-refractivity contribution in [1.82, 2.24) is 19.7 Å². The standard InChI is InChI=1S/C27H30ClFN6O4/c1-33(2)8-9-39-17-6-7-21-18(12-17)20(14-34(21)26(30)37)32-27(38)35-22-10-16(22)11-23(35)25(36)31-13-15-4-3-5-19(28)24(15)29/h3-7,12,14,16,22-23H,8-11,13H2,1-2H3,(H2,30,37)(H,31,36)(H,32,38)/t16-,22-,23+/m1/s1. The predicted octanol–water partition coefficient (Wildman–Crippen LogP) is 3.61. The van der Waals surface area contributed by atoms with Gasteiger partial charge in [0.1, 0.15) is 24.2 Å². The maximum atomic E-state index is 14.3. The van der Waals surface area contributed by atoms with Crippen LogP contribution < -0.4 is 21.1 Å². The number of hydrogen-bond donors (Lipinski definition) is 3. The van der Waals surface area contributed by atoms with Gasteiger partial charge >= 0.3 is 12.1 Å². The molecule has 2 aliphatic rings. The monoisotopic (exact) mass is 556 g/mol. The first kappa shape index (κ1) is 26.8. The first-order valence-corrected chi connectivity index (χ1v) is 13.0. The number of fused-ring (bicyclic) bond motifs is 2. The van der Waals surface area contributed by atoms with Crippen molar-refractivity contribution in [3.8, 4) is 5.75 Å². The Labute approximate surface area is 229 Å². The highest BCUT2D eigenvalue weighted by Gasteiger charge is 2.56. The zero-order chi connectivity index (χ0) is 27.8. The molecule has 0 spiro atoms. The van der Waals surface area contributed by atoms with Gasteiger partial charge in [0.2, 0.25) is 5.91 Å². The van der Waals surface area contributed by atoms with Crippen molar-refractivity contribution in [3.05, 3.63) is 59.0 Å². The van der Waals surface area contributed by atoms with Gasteiger partial charge in [-0.1, -0.05) is 23.7 Å². The summed E-state index contributed by atoms with van der Waals surface area (Å²) in [7, 11) is 3.89. The number of nitrogens with zero attached hydrogens (tertiary/aromatic N) is 3. The quantitative estimate of drug-likeness (QED) is 0.391. The third-order valence-electron chi connectivity index (χ3n) is 7.19. The molecular weight excluding hydrogens is 527 g/mol. The van der Waals surface area contributed by atoms with E-state index in [-0.39, 0.29) is 35.0 Å². The molecule has 0 bridgehead atoms. The summed E-state index contributed by atoms with van der Waals surface area (Å²) < 4.78 is 21.3. The normalized spacial score (nSPS) is 19.7. The molecule has 12 heteroatoms. The number of urea groups is 1. The number of likely N-dealkylation sites (tertiary alicyclic amines) is 1. The van der Waals surface area contributed by atoms with Crippen LogP contribution in [0.1, 0.15) is 18.4 Å². The molecule has 2 heterocycles. The Balaban J connectivity index is 1.33. The number of hydrogen-bond acceptors (Lipinski definition) is 5. The molecule has 1 aliphatic heterocycles. The van der Waals surface area contributed by atoms with E-state index < -0.39 is 23.9 Å². The fourth-order valence-electron chi connectivity index (χ4n) is 5.07. The van der Waals surface area contributed by atoms with Crippen molar-refractivity contribution in [1.29, 1.82) is 0 Å². The van der Waals surface area contributed by atoms with Crippen LogP contribution in [-0.4, -0.2) is 71.7 Å². The van der Waals surface area contributed by atoms with Crippen LogP contribution in [0.15, 0.2) is 42.6 Å². The second-order valence-corrected chi connectivity index (χ2v) is 10.6. The second-order valence-electron chi connectivity index (χ2n) is 10.2. The molecule has 0 unspecified atom stereocenters. The summed E-state index contributed by atoms with van der Waals surface area (Å²) in [5.41, 5.74) is 6.71. The summed E-state index contributed by atoms with van der Waals surface area (Å²) in [5.74, 6) is -0.138. The maximum absolute atomic E-state index is 14.3. The number of piperidine rings is 1. The Morgan fingerprint density at radius 2 is 2.00 bits per heavy atom. The largest absolute Gasteiger partial charge is 0.492 e. The van der Waals surface area contributed by atoms with Crippen molar-refractivity contribution >= 4 is 46.2 Å². The molecule has 39 heavy (non-hydrogen) atoms. The summed E-state index contributed by atoms with van der Waals surface area (Å²) in [4.78, 5) is 42.2. The number of aromatic nitrogens is 1. The number of anilines is 1. The lowest BCUT2D eigenvalue weighted by molar-refractivity contribution is -0.125. The van der Waals surface area contributed by atoms with Crippen LogP contribution in [0.3, 0.4) is 0 Å². The fraction of sp³-hybridized carbons (Fsp3) is 0.370. The minimum atomic E-state index is -0.703. The average molecular weight is 557 g/mol. The smallest absolute Gasteiger partial charge is 0.323 e. The zero-order valence-electron chi connectivity index (χ0n) is 21.6. The van der Waals surface area contributed by atoms with Gasteiger partial charge in [-0.3, -0.25) is 9.36 Å². The van der Waals surface area contributed by atoms with Crippen LogP contribution in [0.2, 0.25) is 5.02 Å². The molecule has 4 N–H and O–H groups in total. The molecule has 5 rings (SSSR count). The number of nitrogens with one attached hydrogen (secondary N) is 2. The zero-order valence-corrected chi connectivity index (χ0v) is 22.4. The molecule has 3 aromatic rings. The van der Waals surface area contributed by atoms with Crippen molar-refractivity contribution in [2.75, 3.05) is 32.6 Å². The van der Waals surface area contributed by atoms with Gasteiger partial charge in [-0.15, -0.1) is 0 Å². The molecule has 1 saturated carbocycles. The van der Waals surface area contributed by atoms with E-state index in [9.17, 15) is 18.8 Å². The number of ether oxygens (including phenoxy) is 1. The number of benzene rings is 2. The van der Waals surface area contributed by atoms with Gasteiger partial charge in [0.25, 0.3) is 0 Å². The minimum Gasteiger partial charge on any atom is -0.492 e. The first-order chi connectivity index (χ1) is 18.6. The maximum Gasteiger partial charge on any atom is 0.323 e. The lowest BCUT2D eigenvalue weighted by Crippen LogP contribution is -2.49. The van der Waals surface area contributed by atoms with E-state index in [0.29, 0.717) is 35.4 Å².